The second-order valence-electron chi connectivity index (χ2n) is 6.15. The highest BCUT2D eigenvalue weighted by Gasteiger charge is 2.20. The van der Waals surface area contributed by atoms with Gasteiger partial charge in [0.25, 0.3) is 10.0 Å². The summed E-state index contributed by atoms with van der Waals surface area (Å²) in [4.78, 5) is 0.241. The van der Waals surface area contributed by atoms with Crippen LogP contribution in [0.3, 0.4) is 0 Å². The standard InChI is InChI=1S/C19H20N2O3S/c1-12-5-9-17(10-6-12)21-25(22,23)18-11-16(8-7-13(18)2)19-14(3)20-24-15(19)4/h5-11,21H,1-4H3. The Hall–Kier alpha value is -2.60. The molecule has 1 N–H and O–H groups in total. The number of nitrogens with one attached hydrogen (secondary N) is 1. The number of rotatable bonds is 4. The average Bonchev–Trinajstić information content (AvgIpc) is 2.89. The molecule has 0 aliphatic carbocycles. The summed E-state index contributed by atoms with van der Waals surface area (Å²) in [6.07, 6.45) is 0. The second-order valence-corrected chi connectivity index (χ2v) is 7.80. The number of sulfonamides is 1. The van der Waals surface area contributed by atoms with E-state index < -0.39 is 10.0 Å². The molecule has 0 aliphatic heterocycles. The van der Waals surface area contributed by atoms with Crippen molar-refractivity contribution in [1.82, 2.24) is 5.16 Å². The summed E-state index contributed by atoms with van der Waals surface area (Å²) in [5, 5.41) is 3.94. The summed E-state index contributed by atoms with van der Waals surface area (Å²) in [6.45, 7) is 7.38. The largest absolute Gasteiger partial charge is 0.361 e. The van der Waals surface area contributed by atoms with Crippen LogP contribution in [0.4, 0.5) is 5.69 Å². The molecule has 0 spiro atoms. The number of aryl methyl sites for hydroxylation is 4. The lowest BCUT2D eigenvalue weighted by Crippen LogP contribution is -2.14. The lowest BCUT2D eigenvalue weighted by Gasteiger charge is -2.12. The molecule has 0 radical (unpaired) electrons. The van der Waals surface area contributed by atoms with Gasteiger partial charge in [-0.15, -0.1) is 0 Å². The number of aromatic nitrogens is 1. The summed E-state index contributed by atoms with van der Waals surface area (Å²) in [5.41, 5.74) is 4.61. The maximum absolute atomic E-state index is 12.8. The highest BCUT2D eigenvalue weighted by molar-refractivity contribution is 7.92. The molecule has 0 saturated heterocycles. The third-order valence-corrected chi connectivity index (χ3v) is 5.63. The highest BCUT2D eigenvalue weighted by atomic mass is 32.2. The van der Waals surface area contributed by atoms with Crippen molar-refractivity contribution >= 4 is 15.7 Å². The predicted octanol–water partition coefficient (Wildman–Crippen LogP) is 4.38. The van der Waals surface area contributed by atoms with Gasteiger partial charge in [-0.25, -0.2) is 8.42 Å². The van der Waals surface area contributed by atoms with Crippen LogP contribution in [-0.4, -0.2) is 13.6 Å². The molecule has 2 aromatic carbocycles. The van der Waals surface area contributed by atoms with Crippen LogP contribution in [0, 0.1) is 27.7 Å². The quantitative estimate of drug-likeness (QED) is 0.753. The smallest absolute Gasteiger partial charge is 0.262 e. The number of hydrogen-bond donors (Lipinski definition) is 1. The Morgan fingerprint density at radius 3 is 2.24 bits per heavy atom. The van der Waals surface area contributed by atoms with Gasteiger partial charge in [0.1, 0.15) is 5.76 Å². The number of nitrogens with zero attached hydrogens (tertiary/aromatic N) is 1. The first-order chi connectivity index (χ1) is 11.8. The van der Waals surface area contributed by atoms with Gasteiger partial charge < -0.3 is 4.52 Å². The van der Waals surface area contributed by atoms with E-state index in [2.05, 4.69) is 9.88 Å². The third kappa shape index (κ3) is 3.44. The SMILES string of the molecule is Cc1ccc(NS(=O)(=O)c2cc(-c3c(C)noc3C)ccc2C)cc1. The Kier molecular flexibility index (Phi) is 4.39. The van der Waals surface area contributed by atoms with E-state index in [9.17, 15) is 8.42 Å². The summed E-state index contributed by atoms with van der Waals surface area (Å²) < 4.78 is 33.5. The minimum Gasteiger partial charge on any atom is -0.361 e. The Balaban J connectivity index is 2.04. The van der Waals surface area contributed by atoms with E-state index in [0.29, 0.717) is 17.0 Å². The molecule has 0 bridgehead atoms. The van der Waals surface area contributed by atoms with Crippen molar-refractivity contribution in [3.63, 3.8) is 0 Å². The minimum absolute atomic E-state index is 0.241. The van der Waals surface area contributed by atoms with Crippen LogP contribution in [0.25, 0.3) is 11.1 Å². The van der Waals surface area contributed by atoms with Crippen molar-refractivity contribution in [1.29, 1.82) is 0 Å². The highest BCUT2D eigenvalue weighted by Crippen LogP contribution is 2.30. The van der Waals surface area contributed by atoms with Crippen molar-refractivity contribution in [2.24, 2.45) is 0 Å². The first kappa shape index (κ1) is 17.2. The third-order valence-electron chi connectivity index (χ3n) is 4.10. The molecule has 25 heavy (non-hydrogen) atoms. The predicted molar refractivity (Wildman–Crippen MR) is 98.1 cm³/mol. The molecule has 0 aliphatic rings. The van der Waals surface area contributed by atoms with Crippen LogP contribution in [0.5, 0.6) is 0 Å². The van der Waals surface area contributed by atoms with E-state index in [-0.39, 0.29) is 4.90 Å². The number of hydrogen-bond acceptors (Lipinski definition) is 4. The lowest BCUT2D eigenvalue weighted by atomic mass is 10.0. The van der Waals surface area contributed by atoms with Gasteiger partial charge in [-0.1, -0.05) is 35.0 Å². The first-order valence-corrected chi connectivity index (χ1v) is 9.39. The summed E-state index contributed by atoms with van der Waals surface area (Å²) in [5.74, 6) is 0.663. The van der Waals surface area contributed by atoms with Gasteiger partial charge in [0.15, 0.2) is 0 Å². The van der Waals surface area contributed by atoms with Gasteiger partial charge in [0.05, 0.1) is 10.6 Å². The topological polar surface area (TPSA) is 72.2 Å². The van der Waals surface area contributed by atoms with E-state index in [1.54, 1.807) is 31.2 Å². The Bertz CT molecular complexity index is 1000. The molecule has 3 aromatic rings. The van der Waals surface area contributed by atoms with E-state index in [1.807, 2.05) is 39.0 Å². The summed E-state index contributed by atoms with van der Waals surface area (Å²) in [7, 11) is -3.70. The van der Waals surface area contributed by atoms with Crippen molar-refractivity contribution in [3.05, 3.63) is 65.0 Å². The van der Waals surface area contributed by atoms with Crippen molar-refractivity contribution < 1.29 is 12.9 Å². The van der Waals surface area contributed by atoms with Gasteiger partial charge in [0, 0.05) is 11.3 Å². The van der Waals surface area contributed by atoms with Gasteiger partial charge >= 0.3 is 0 Å². The Labute approximate surface area is 147 Å². The van der Waals surface area contributed by atoms with Crippen LogP contribution < -0.4 is 4.72 Å². The molecule has 0 atom stereocenters. The van der Waals surface area contributed by atoms with Gasteiger partial charge in [-0.2, -0.15) is 0 Å². The molecule has 3 rings (SSSR count). The van der Waals surface area contributed by atoms with Crippen LogP contribution in [0.1, 0.15) is 22.6 Å². The molecule has 1 aromatic heterocycles. The van der Waals surface area contributed by atoms with E-state index in [1.165, 1.54) is 0 Å². The first-order valence-electron chi connectivity index (χ1n) is 7.91. The van der Waals surface area contributed by atoms with Gasteiger partial charge in [-0.3, -0.25) is 4.72 Å². The average molecular weight is 356 g/mol. The van der Waals surface area contributed by atoms with E-state index in [4.69, 9.17) is 4.52 Å². The molecule has 6 heteroatoms. The van der Waals surface area contributed by atoms with Crippen LogP contribution in [0.2, 0.25) is 0 Å². The van der Waals surface area contributed by atoms with Crippen LogP contribution >= 0.6 is 0 Å². The maximum atomic E-state index is 12.8. The maximum Gasteiger partial charge on any atom is 0.262 e. The van der Waals surface area contributed by atoms with Gasteiger partial charge in [0.2, 0.25) is 0 Å². The molecule has 0 fully saturated rings. The molecule has 1 heterocycles. The molecular formula is C19H20N2O3S. The normalized spacial score (nSPS) is 11.5. The number of benzene rings is 2. The summed E-state index contributed by atoms with van der Waals surface area (Å²) >= 11 is 0. The van der Waals surface area contributed by atoms with Gasteiger partial charge in [-0.05, 0) is 57.0 Å². The monoisotopic (exact) mass is 356 g/mol. The van der Waals surface area contributed by atoms with Crippen molar-refractivity contribution in [3.8, 4) is 11.1 Å². The minimum atomic E-state index is -3.70. The number of anilines is 1. The van der Waals surface area contributed by atoms with E-state index in [0.717, 1.165) is 22.4 Å². The van der Waals surface area contributed by atoms with Crippen LogP contribution in [0.15, 0.2) is 51.9 Å². The van der Waals surface area contributed by atoms with Crippen molar-refractivity contribution in [2.45, 2.75) is 32.6 Å². The van der Waals surface area contributed by atoms with E-state index >= 15 is 0 Å². The molecule has 0 saturated carbocycles. The molecule has 130 valence electrons. The Morgan fingerprint density at radius 2 is 1.64 bits per heavy atom. The second kappa shape index (κ2) is 6.37. The zero-order valence-electron chi connectivity index (χ0n) is 14.6. The molecular weight excluding hydrogens is 336 g/mol. The zero-order valence-corrected chi connectivity index (χ0v) is 15.4. The lowest BCUT2D eigenvalue weighted by molar-refractivity contribution is 0.393. The zero-order chi connectivity index (χ0) is 18.2. The molecule has 0 amide bonds. The molecule has 5 nitrogen and oxygen atoms in total. The fraction of sp³-hybridized carbons (Fsp3) is 0.211. The fourth-order valence-electron chi connectivity index (χ4n) is 2.77. The Morgan fingerprint density at radius 1 is 0.960 bits per heavy atom. The van der Waals surface area contributed by atoms with Crippen molar-refractivity contribution in [2.75, 3.05) is 4.72 Å². The summed E-state index contributed by atoms with van der Waals surface area (Å²) in [6, 6.07) is 12.6. The molecule has 0 unspecified atom stereocenters. The van der Waals surface area contributed by atoms with Crippen LogP contribution in [-0.2, 0) is 10.0 Å². The fourth-order valence-corrected chi connectivity index (χ4v) is 4.10.